The minimum atomic E-state index is 0.245. The van der Waals surface area contributed by atoms with Crippen molar-refractivity contribution in [2.75, 3.05) is 0 Å². The van der Waals surface area contributed by atoms with Crippen molar-refractivity contribution in [1.82, 2.24) is 0 Å². The highest BCUT2D eigenvalue weighted by atomic mass is 16.3. The number of hydrogen-bond acceptors (Lipinski definition) is 3. The zero-order chi connectivity index (χ0) is 22.7. The fourth-order valence-corrected chi connectivity index (χ4v) is 4.26. The summed E-state index contributed by atoms with van der Waals surface area (Å²) in [7, 11) is 0. The normalized spacial score (nSPS) is 11.1. The van der Waals surface area contributed by atoms with Gasteiger partial charge in [-0.25, -0.2) is 0 Å². The lowest BCUT2D eigenvalue weighted by molar-refractivity contribution is 0.454. The molecule has 3 N–H and O–H groups in total. The van der Waals surface area contributed by atoms with Crippen LogP contribution in [0.4, 0.5) is 0 Å². The summed E-state index contributed by atoms with van der Waals surface area (Å²) < 4.78 is 0. The van der Waals surface area contributed by atoms with Crippen LogP contribution < -0.4 is 0 Å². The standard InChI is InChI=1S/C28H34O3/c1-6-19-9-17(4)26(29)22(11-19)15-24-13-21(8-3)14-25(28(24)31)16-23-12-20(7-2)10-18(5)27(23)30/h9-14,29-31H,6-8,15-16H2,1-5H3. The molecule has 0 heterocycles. The summed E-state index contributed by atoms with van der Waals surface area (Å²) >= 11 is 0. The van der Waals surface area contributed by atoms with Gasteiger partial charge in [-0.3, -0.25) is 0 Å². The Bertz CT molecular complexity index is 1010. The Morgan fingerprint density at radius 2 is 0.774 bits per heavy atom. The number of rotatable bonds is 7. The van der Waals surface area contributed by atoms with E-state index in [1.807, 2.05) is 50.2 Å². The number of benzene rings is 3. The quantitative estimate of drug-likeness (QED) is 0.423. The molecule has 164 valence electrons. The molecular formula is C28H34O3. The molecular weight excluding hydrogens is 384 g/mol. The highest BCUT2D eigenvalue weighted by molar-refractivity contribution is 5.53. The zero-order valence-electron chi connectivity index (χ0n) is 19.3. The smallest absolute Gasteiger partial charge is 0.122 e. The minimum absolute atomic E-state index is 0.245. The van der Waals surface area contributed by atoms with Crippen LogP contribution in [0.25, 0.3) is 0 Å². The molecule has 0 bridgehead atoms. The van der Waals surface area contributed by atoms with Crippen LogP contribution in [0.1, 0.15) is 70.8 Å². The predicted molar refractivity (Wildman–Crippen MR) is 128 cm³/mol. The summed E-state index contributed by atoms with van der Waals surface area (Å²) in [6.07, 6.45) is 3.57. The Labute approximate surface area is 186 Å². The Morgan fingerprint density at radius 1 is 0.484 bits per heavy atom. The summed E-state index contributed by atoms with van der Waals surface area (Å²) in [6, 6.07) is 12.1. The van der Waals surface area contributed by atoms with E-state index >= 15 is 0 Å². The van der Waals surface area contributed by atoms with Gasteiger partial charge in [-0.05, 0) is 83.2 Å². The van der Waals surface area contributed by atoms with E-state index in [9.17, 15) is 15.3 Å². The lowest BCUT2D eigenvalue weighted by Crippen LogP contribution is -2.00. The first-order valence-electron chi connectivity index (χ1n) is 11.2. The van der Waals surface area contributed by atoms with Crippen molar-refractivity contribution in [2.45, 2.75) is 66.7 Å². The van der Waals surface area contributed by atoms with Gasteiger partial charge in [0.25, 0.3) is 0 Å². The zero-order valence-corrected chi connectivity index (χ0v) is 19.3. The molecule has 0 atom stereocenters. The van der Waals surface area contributed by atoms with Gasteiger partial charge in [0.2, 0.25) is 0 Å². The van der Waals surface area contributed by atoms with Gasteiger partial charge in [0.15, 0.2) is 0 Å². The maximum absolute atomic E-state index is 11.1. The van der Waals surface area contributed by atoms with Gasteiger partial charge >= 0.3 is 0 Å². The first-order chi connectivity index (χ1) is 14.8. The van der Waals surface area contributed by atoms with Crippen LogP contribution in [-0.4, -0.2) is 15.3 Å². The van der Waals surface area contributed by atoms with Crippen molar-refractivity contribution in [3.63, 3.8) is 0 Å². The molecule has 0 aliphatic carbocycles. The van der Waals surface area contributed by atoms with Crippen LogP contribution in [-0.2, 0) is 32.1 Å². The van der Waals surface area contributed by atoms with Crippen molar-refractivity contribution in [3.05, 3.63) is 86.5 Å². The van der Waals surface area contributed by atoms with Gasteiger partial charge in [0, 0.05) is 12.8 Å². The highest BCUT2D eigenvalue weighted by Gasteiger charge is 2.16. The van der Waals surface area contributed by atoms with Crippen molar-refractivity contribution >= 4 is 0 Å². The van der Waals surface area contributed by atoms with E-state index < -0.39 is 0 Å². The summed E-state index contributed by atoms with van der Waals surface area (Å²) in [6.45, 7) is 10.1. The number of aryl methyl sites for hydroxylation is 5. The van der Waals surface area contributed by atoms with E-state index in [2.05, 4.69) is 20.8 Å². The maximum Gasteiger partial charge on any atom is 0.122 e. The SMILES string of the molecule is CCc1cc(C)c(O)c(Cc2cc(CC)cc(Cc3cc(CC)cc(C)c3O)c2O)c1. The van der Waals surface area contributed by atoms with Crippen LogP contribution in [0.2, 0.25) is 0 Å². The van der Waals surface area contributed by atoms with Crippen molar-refractivity contribution in [2.24, 2.45) is 0 Å². The number of phenolic OH excluding ortho intramolecular Hbond substituents is 3. The molecule has 0 saturated carbocycles. The minimum Gasteiger partial charge on any atom is -0.507 e. The van der Waals surface area contributed by atoms with E-state index in [0.29, 0.717) is 24.3 Å². The molecule has 0 aliphatic heterocycles. The lowest BCUT2D eigenvalue weighted by Gasteiger charge is -2.16. The summed E-state index contributed by atoms with van der Waals surface area (Å²) in [5.41, 5.74) is 8.47. The third-order valence-corrected chi connectivity index (χ3v) is 6.19. The number of phenols is 3. The molecule has 3 nitrogen and oxygen atoms in total. The summed E-state index contributed by atoms with van der Waals surface area (Å²) in [4.78, 5) is 0. The maximum atomic E-state index is 11.1. The highest BCUT2D eigenvalue weighted by Crippen LogP contribution is 2.35. The number of aromatic hydroxyl groups is 3. The van der Waals surface area contributed by atoms with Crippen molar-refractivity contribution in [1.29, 1.82) is 0 Å². The van der Waals surface area contributed by atoms with Gasteiger partial charge in [-0.2, -0.15) is 0 Å². The fourth-order valence-electron chi connectivity index (χ4n) is 4.26. The molecule has 3 rings (SSSR count). The van der Waals surface area contributed by atoms with Crippen LogP contribution >= 0.6 is 0 Å². The predicted octanol–water partition coefficient (Wildman–Crippen LogP) is 6.29. The average Bonchev–Trinajstić information content (AvgIpc) is 2.76. The van der Waals surface area contributed by atoms with Gasteiger partial charge in [-0.1, -0.05) is 57.2 Å². The largest absolute Gasteiger partial charge is 0.507 e. The topological polar surface area (TPSA) is 60.7 Å². The molecule has 0 aliphatic rings. The molecule has 3 aromatic carbocycles. The lowest BCUT2D eigenvalue weighted by atomic mass is 9.91. The van der Waals surface area contributed by atoms with E-state index in [0.717, 1.165) is 58.2 Å². The Hall–Kier alpha value is -2.94. The van der Waals surface area contributed by atoms with E-state index in [1.165, 1.54) is 11.1 Å². The van der Waals surface area contributed by atoms with Crippen LogP contribution in [0.3, 0.4) is 0 Å². The molecule has 0 amide bonds. The third kappa shape index (κ3) is 4.87. The second-order valence-corrected chi connectivity index (χ2v) is 8.52. The van der Waals surface area contributed by atoms with Crippen LogP contribution in [0, 0.1) is 13.8 Å². The van der Waals surface area contributed by atoms with Gasteiger partial charge < -0.3 is 15.3 Å². The first kappa shape index (κ1) is 22.7. The Balaban J connectivity index is 2.05. The second kappa shape index (κ2) is 9.47. The Kier molecular flexibility index (Phi) is 6.94. The molecule has 3 aromatic rings. The first-order valence-corrected chi connectivity index (χ1v) is 11.2. The van der Waals surface area contributed by atoms with E-state index in [-0.39, 0.29) is 5.75 Å². The molecule has 0 unspecified atom stereocenters. The summed E-state index contributed by atoms with van der Waals surface area (Å²) in [5, 5.41) is 32.4. The molecule has 0 fully saturated rings. The third-order valence-electron chi connectivity index (χ3n) is 6.19. The molecule has 0 aromatic heterocycles. The van der Waals surface area contributed by atoms with Gasteiger partial charge in [0.05, 0.1) is 0 Å². The van der Waals surface area contributed by atoms with Crippen LogP contribution in [0.15, 0.2) is 36.4 Å². The average molecular weight is 419 g/mol. The second-order valence-electron chi connectivity index (χ2n) is 8.52. The summed E-state index contributed by atoms with van der Waals surface area (Å²) in [5.74, 6) is 0.836. The van der Waals surface area contributed by atoms with Crippen LogP contribution in [0.5, 0.6) is 17.2 Å². The fraction of sp³-hybridized carbons (Fsp3) is 0.357. The van der Waals surface area contributed by atoms with E-state index in [4.69, 9.17) is 0 Å². The monoisotopic (exact) mass is 418 g/mol. The molecule has 3 heteroatoms. The van der Waals surface area contributed by atoms with Gasteiger partial charge in [-0.15, -0.1) is 0 Å². The Morgan fingerprint density at radius 3 is 1.10 bits per heavy atom. The molecule has 0 spiro atoms. The number of hydrogen-bond donors (Lipinski definition) is 3. The molecule has 31 heavy (non-hydrogen) atoms. The van der Waals surface area contributed by atoms with E-state index in [1.54, 1.807) is 0 Å². The van der Waals surface area contributed by atoms with Crippen molar-refractivity contribution < 1.29 is 15.3 Å². The van der Waals surface area contributed by atoms with Gasteiger partial charge in [0.1, 0.15) is 17.2 Å². The van der Waals surface area contributed by atoms with Crippen molar-refractivity contribution in [3.8, 4) is 17.2 Å². The molecule has 0 radical (unpaired) electrons. The molecule has 0 saturated heterocycles.